The highest BCUT2D eigenvalue weighted by Crippen LogP contribution is 2.32. The summed E-state index contributed by atoms with van der Waals surface area (Å²) in [6.45, 7) is 2.00. The Morgan fingerprint density at radius 1 is 1.19 bits per heavy atom. The van der Waals surface area contributed by atoms with Crippen molar-refractivity contribution in [1.29, 1.82) is 0 Å². The van der Waals surface area contributed by atoms with Crippen molar-refractivity contribution >= 4 is 34.4 Å². The van der Waals surface area contributed by atoms with E-state index in [1.165, 1.54) is 12.1 Å². The molecule has 1 fully saturated rings. The number of hydrogen-bond donors (Lipinski definition) is 1. The Balaban J connectivity index is 1.44. The summed E-state index contributed by atoms with van der Waals surface area (Å²) in [7, 11) is 1.98. The Morgan fingerprint density at radius 2 is 2.03 bits per heavy atom. The molecule has 1 amide bonds. The van der Waals surface area contributed by atoms with Crippen molar-refractivity contribution in [3.8, 4) is 11.1 Å². The minimum Gasteiger partial charge on any atom is -0.326 e. The highest BCUT2D eigenvalue weighted by Gasteiger charge is 2.30. The van der Waals surface area contributed by atoms with Gasteiger partial charge < -0.3 is 14.8 Å². The molecule has 6 nitrogen and oxygen atoms in total. The molecule has 3 heterocycles. The van der Waals surface area contributed by atoms with E-state index in [-0.39, 0.29) is 17.6 Å². The number of rotatable bonds is 5. The molecule has 0 aliphatic carbocycles. The van der Waals surface area contributed by atoms with Gasteiger partial charge >= 0.3 is 0 Å². The molecule has 162 valence electrons. The number of nitrogens with zero attached hydrogens (tertiary/aromatic N) is 4. The van der Waals surface area contributed by atoms with Crippen LogP contribution >= 0.6 is 11.6 Å². The summed E-state index contributed by atoms with van der Waals surface area (Å²) in [6.07, 6.45) is 3.29. The molecule has 1 aliphatic rings. The number of amides is 1. The number of anilines is 1. The van der Waals surface area contributed by atoms with Gasteiger partial charge in [0, 0.05) is 31.4 Å². The number of halogens is 2. The Bertz CT molecular complexity index is 1310. The molecule has 0 bridgehead atoms. The normalized spacial score (nSPS) is 14.5. The molecule has 5 rings (SSSR count). The summed E-state index contributed by atoms with van der Waals surface area (Å²) in [5, 5.41) is 3.38. The van der Waals surface area contributed by atoms with E-state index in [0.717, 1.165) is 40.8 Å². The molecule has 0 spiro atoms. The number of benzene rings is 2. The second-order valence-electron chi connectivity index (χ2n) is 8.16. The topological polar surface area (TPSA) is 63.1 Å². The molecule has 2 aromatic carbocycles. The van der Waals surface area contributed by atoms with Gasteiger partial charge in [-0.15, -0.1) is 0 Å². The van der Waals surface area contributed by atoms with E-state index < -0.39 is 0 Å². The van der Waals surface area contributed by atoms with Crippen molar-refractivity contribution in [1.82, 2.24) is 19.4 Å². The SMILES string of the molecule is CN1CC(C(=O)Nc2cc(-c3ccc4ncn(Cc5cccc(F)c5)c4c3)c(Cl)cn2)C1. The van der Waals surface area contributed by atoms with Crippen LogP contribution < -0.4 is 5.32 Å². The number of fused-ring (bicyclic) bond motifs is 1. The standard InChI is InChI=1S/C24H21ClFN5O/c1-30-12-17(13-30)24(32)29-23-9-19(20(25)10-27-23)16-5-6-21-22(8-16)31(14-28-21)11-15-3-2-4-18(26)7-15/h2-10,14,17H,11-13H2,1H3,(H,27,29,32). The largest absolute Gasteiger partial charge is 0.326 e. The molecule has 0 radical (unpaired) electrons. The number of carbonyl (C=O) groups is 1. The predicted octanol–water partition coefficient (Wildman–Crippen LogP) is 4.44. The summed E-state index contributed by atoms with van der Waals surface area (Å²) >= 11 is 6.45. The maximum atomic E-state index is 13.6. The Hall–Kier alpha value is -3.29. The number of likely N-dealkylation sites (tertiary alicyclic amines) is 1. The zero-order chi connectivity index (χ0) is 22.2. The fourth-order valence-electron chi connectivity index (χ4n) is 4.00. The number of pyridine rings is 1. The lowest BCUT2D eigenvalue weighted by Gasteiger charge is -2.34. The second kappa shape index (κ2) is 8.33. The molecule has 4 aromatic rings. The first-order valence-electron chi connectivity index (χ1n) is 10.3. The monoisotopic (exact) mass is 449 g/mol. The molecule has 0 unspecified atom stereocenters. The van der Waals surface area contributed by atoms with E-state index in [9.17, 15) is 9.18 Å². The highest BCUT2D eigenvalue weighted by molar-refractivity contribution is 6.33. The van der Waals surface area contributed by atoms with Crippen LogP contribution in [-0.2, 0) is 11.3 Å². The van der Waals surface area contributed by atoms with E-state index in [1.54, 1.807) is 24.7 Å². The molecule has 2 aromatic heterocycles. The Kier molecular flexibility index (Phi) is 5.36. The summed E-state index contributed by atoms with van der Waals surface area (Å²) in [4.78, 5) is 23.2. The van der Waals surface area contributed by atoms with Crippen molar-refractivity contribution in [2.45, 2.75) is 6.54 Å². The first kappa shape index (κ1) is 20.6. The molecule has 1 saturated heterocycles. The zero-order valence-electron chi connectivity index (χ0n) is 17.4. The van der Waals surface area contributed by atoms with E-state index in [2.05, 4.69) is 20.2 Å². The van der Waals surface area contributed by atoms with Gasteiger partial charge in [-0.2, -0.15) is 0 Å². The molecular weight excluding hydrogens is 429 g/mol. The lowest BCUT2D eigenvalue weighted by molar-refractivity contribution is -0.124. The fraction of sp³-hybridized carbons (Fsp3) is 0.208. The summed E-state index contributed by atoms with van der Waals surface area (Å²) in [5.74, 6) is 0.151. The van der Waals surface area contributed by atoms with Crippen molar-refractivity contribution in [3.63, 3.8) is 0 Å². The summed E-state index contributed by atoms with van der Waals surface area (Å²) in [5.41, 5.74) is 4.23. The van der Waals surface area contributed by atoms with Crippen LogP contribution in [0.5, 0.6) is 0 Å². The van der Waals surface area contributed by atoms with Crippen LogP contribution in [0.3, 0.4) is 0 Å². The third-order valence-corrected chi connectivity index (χ3v) is 6.02. The van der Waals surface area contributed by atoms with Crippen LogP contribution in [0.15, 0.2) is 61.1 Å². The number of nitrogens with one attached hydrogen (secondary N) is 1. The first-order chi connectivity index (χ1) is 15.5. The lowest BCUT2D eigenvalue weighted by atomic mass is 10.0. The Morgan fingerprint density at radius 3 is 2.81 bits per heavy atom. The summed E-state index contributed by atoms with van der Waals surface area (Å²) < 4.78 is 15.6. The van der Waals surface area contributed by atoms with Crippen LogP contribution in [0.2, 0.25) is 5.02 Å². The van der Waals surface area contributed by atoms with Gasteiger partial charge in [0.2, 0.25) is 5.91 Å². The lowest BCUT2D eigenvalue weighted by Crippen LogP contribution is -2.49. The van der Waals surface area contributed by atoms with Crippen LogP contribution in [0, 0.1) is 11.7 Å². The Labute approximate surface area is 189 Å². The molecule has 8 heteroatoms. The molecule has 1 aliphatic heterocycles. The molecule has 1 N–H and O–H groups in total. The van der Waals surface area contributed by atoms with Gasteiger partial charge in [-0.25, -0.2) is 14.4 Å². The minimum absolute atomic E-state index is 0.0190. The van der Waals surface area contributed by atoms with E-state index in [0.29, 0.717) is 17.4 Å². The van der Waals surface area contributed by atoms with Gasteiger partial charge in [-0.3, -0.25) is 4.79 Å². The van der Waals surface area contributed by atoms with Crippen LogP contribution in [0.25, 0.3) is 22.2 Å². The van der Waals surface area contributed by atoms with E-state index in [1.807, 2.05) is 35.9 Å². The van der Waals surface area contributed by atoms with Gasteiger partial charge in [0.25, 0.3) is 0 Å². The summed E-state index contributed by atoms with van der Waals surface area (Å²) in [6, 6.07) is 14.2. The van der Waals surface area contributed by atoms with Crippen LogP contribution in [-0.4, -0.2) is 45.5 Å². The molecule has 32 heavy (non-hydrogen) atoms. The second-order valence-corrected chi connectivity index (χ2v) is 8.57. The molecule has 0 atom stereocenters. The van der Waals surface area contributed by atoms with Crippen LogP contribution in [0.1, 0.15) is 5.56 Å². The van der Waals surface area contributed by atoms with Crippen LogP contribution in [0.4, 0.5) is 10.2 Å². The third-order valence-electron chi connectivity index (χ3n) is 5.72. The average Bonchev–Trinajstić information content (AvgIpc) is 3.15. The maximum Gasteiger partial charge on any atom is 0.231 e. The van der Waals surface area contributed by atoms with Crippen molar-refractivity contribution in [2.24, 2.45) is 5.92 Å². The van der Waals surface area contributed by atoms with Gasteiger partial charge in [0.05, 0.1) is 28.3 Å². The number of carbonyl (C=O) groups excluding carboxylic acids is 1. The van der Waals surface area contributed by atoms with Crippen molar-refractivity contribution in [2.75, 3.05) is 25.5 Å². The third kappa shape index (κ3) is 4.09. The number of aromatic nitrogens is 3. The maximum absolute atomic E-state index is 13.6. The smallest absolute Gasteiger partial charge is 0.231 e. The molecule has 0 saturated carbocycles. The van der Waals surface area contributed by atoms with Gasteiger partial charge in [-0.05, 0) is 48.5 Å². The average molecular weight is 450 g/mol. The number of hydrogen-bond acceptors (Lipinski definition) is 4. The highest BCUT2D eigenvalue weighted by atomic mass is 35.5. The van der Waals surface area contributed by atoms with Gasteiger partial charge in [0.15, 0.2) is 0 Å². The zero-order valence-corrected chi connectivity index (χ0v) is 18.2. The van der Waals surface area contributed by atoms with Crippen molar-refractivity contribution < 1.29 is 9.18 Å². The van der Waals surface area contributed by atoms with E-state index in [4.69, 9.17) is 11.6 Å². The van der Waals surface area contributed by atoms with Crippen molar-refractivity contribution in [3.05, 3.63) is 77.5 Å². The number of imidazole rings is 1. The minimum atomic E-state index is -0.265. The van der Waals surface area contributed by atoms with Gasteiger partial charge in [0.1, 0.15) is 11.6 Å². The predicted molar refractivity (Wildman–Crippen MR) is 123 cm³/mol. The first-order valence-corrected chi connectivity index (χ1v) is 10.7. The molecular formula is C24H21ClFN5O. The van der Waals surface area contributed by atoms with E-state index >= 15 is 0 Å². The quantitative estimate of drug-likeness (QED) is 0.489. The van der Waals surface area contributed by atoms with Gasteiger partial charge in [-0.1, -0.05) is 29.8 Å². The fourth-order valence-corrected chi connectivity index (χ4v) is 4.22.